The predicted molar refractivity (Wildman–Crippen MR) is 83.8 cm³/mol. The van der Waals surface area contributed by atoms with E-state index in [1.807, 2.05) is 18.2 Å². The Kier molecular flexibility index (Phi) is 5.36. The highest BCUT2D eigenvalue weighted by Gasteiger charge is 2.20. The molecule has 0 bridgehead atoms. The van der Waals surface area contributed by atoms with Gasteiger partial charge in [0.15, 0.2) is 0 Å². The molecule has 1 aromatic carbocycles. The molecule has 0 aliphatic heterocycles. The van der Waals surface area contributed by atoms with Gasteiger partial charge in [-0.15, -0.1) is 0 Å². The van der Waals surface area contributed by atoms with Crippen molar-refractivity contribution in [3.63, 3.8) is 0 Å². The van der Waals surface area contributed by atoms with E-state index in [4.69, 9.17) is 15.3 Å². The third kappa shape index (κ3) is 4.65. The van der Waals surface area contributed by atoms with Gasteiger partial charge in [-0.1, -0.05) is 32.9 Å². The van der Waals surface area contributed by atoms with Gasteiger partial charge < -0.3 is 15.3 Å². The lowest BCUT2D eigenvalue weighted by atomic mass is 9.85. The Balaban J connectivity index is 3.19. The minimum Gasteiger partial charge on any atom is -0.547 e. The second kappa shape index (κ2) is 6.41. The molecule has 1 aromatic rings. The maximum Gasteiger partial charge on any atom is 0.305 e. The Morgan fingerprint density at radius 1 is 1.40 bits per heavy atom. The molecule has 0 aliphatic rings. The smallest absolute Gasteiger partial charge is 0.305 e. The van der Waals surface area contributed by atoms with Crippen LogP contribution in [0.4, 0.5) is 0 Å². The van der Waals surface area contributed by atoms with E-state index in [0.717, 1.165) is 16.9 Å². The average molecular weight is 295 g/mol. The molecular weight excluding hydrogens is 270 g/mol. The molecule has 0 fully saturated rings. The second-order valence-electron chi connectivity index (χ2n) is 6.37. The molecule has 4 nitrogen and oxygen atoms in total. The van der Waals surface area contributed by atoms with E-state index in [-0.39, 0.29) is 11.8 Å². The molecule has 0 heterocycles. The van der Waals surface area contributed by atoms with Gasteiger partial charge in [0.05, 0.1) is 6.42 Å². The molecule has 0 aromatic heterocycles. The van der Waals surface area contributed by atoms with Gasteiger partial charge in [0.2, 0.25) is 9.04 Å². The number of rotatable bonds is 5. The zero-order valence-electron chi connectivity index (χ0n) is 12.9. The lowest BCUT2D eigenvalue weighted by Gasteiger charge is -2.24. The molecule has 20 heavy (non-hydrogen) atoms. The first-order valence-corrected chi connectivity index (χ1v) is 9.67. The number of aliphatic carboxylic acids is 1. The molecule has 1 rings (SSSR count). The van der Waals surface area contributed by atoms with Crippen LogP contribution < -0.4 is 10.2 Å². The average Bonchev–Trinajstić information content (AvgIpc) is 2.25. The summed E-state index contributed by atoms with van der Waals surface area (Å²) in [5.74, 6) is -0.155. The summed E-state index contributed by atoms with van der Waals surface area (Å²) in [6, 6.07) is 5.38. The van der Waals surface area contributed by atoms with Crippen molar-refractivity contribution in [1.82, 2.24) is 0 Å². The first-order valence-electron chi connectivity index (χ1n) is 6.89. The number of hydrogen-bond donors (Lipinski definition) is 2. The molecule has 0 radical (unpaired) electrons. The van der Waals surface area contributed by atoms with Crippen LogP contribution in [-0.4, -0.2) is 20.1 Å². The van der Waals surface area contributed by atoms with E-state index in [1.165, 1.54) is 0 Å². The van der Waals surface area contributed by atoms with Crippen LogP contribution in [0.2, 0.25) is 13.1 Å². The molecule has 0 amide bonds. The van der Waals surface area contributed by atoms with Crippen molar-refractivity contribution < 1.29 is 14.3 Å². The Morgan fingerprint density at radius 3 is 2.45 bits per heavy atom. The third-order valence-corrected chi connectivity index (χ3v) is 3.76. The van der Waals surface area contributed by atoms with E-state index in [9.17, 15) is 4.79 Å². The van der Waals surface area contributed by atoms with Gasteiger partial charge in [-0.05, 0) is 30.1 Å². The number of carboxylic acids is 1. The number of carbonyl (C=O) groups is 1. The van der Waals surface area contributed by atoms with Crippen molar-refractivity contribution in [2.75, 3.05) is 0 Å². The highest BCUT2D eigenvalue weighted by atomic mass is 28.3. The second-order valence-corrected chi connectivity index (χ2v) is 8.71. The van der Waals surface area contributed by atoms with E-state index in [0.29, 0.717) is 0 Å². The third-order valence-electron chi connectivity index (χ3n) is 3.04. The van der Waals surface area contributed by atoms with Crippen molar-refractivity contribution in [1.29, 1.82) is 0 Å². The van der Waals surface area contributed by atoms with Gasteiger partial charge in [-0.25, -0.2) is 0 Å². The van der Waals surface area contributed by atoms with Crippen molar-refractivity contribution in [2.45, 2.75) is 51.7 Å². The van der Waals surface area contributed by atoms with Crippen LogP contribution in [0.3, 0.4) is 0 Å². The molecule has 5 heteroatoms. The van der Waals surface area contributed by atoms with Crippen molar-refractivity contribution in [3.8, 4) is 5.75 Å². The molecule has 0 unspecified atom stereocenters. The van der Waals surface area contributed by atoms with E-state index < -0.39 is 21.1 Å². The Morgan fingerprint density at radius 2 is 2.00 bits per heavy atom. The molecule has 112 valence electrons. The summed E-state index contributed by atoms with van der Waals surface area (Å²) < 4.78 is 5.95. The van der Waals surface area contributed by atoms with Crippen LogP contribution in [0.5, 0.6) is 5.75 Å². The van der Waals surface area contributed by atoms with Gasteiger partial charge in [-0.2, -0.15) is 0 Å². The number of hydrogen-bond acceptors (Lipinski definition) is 3. The van der Waals surface area contributed by atoms with E-state index >= 15 is 0 Å². The molecule has 3 N–H and O–H groups in total. The minimum atomic E-state index is -1.28. The topological polar surface area (TPSA) is 72.5 Å². The van der Waals surface area contributed by atoms with Gasteiger partial charge >= 0.3 is 5.97 Å². The Hall–Kier alpha value is -1.33. The number of benzene rings is 1. The highest BCUT2D eigenvalue weighted by Crippen LogP contribution is 2.32. The van der Waals surface area contributed by atoms with E-state index in [2.05, 4.69) is 33.9 Å². The molecule has 0 saturated carbocycles. The predicted octanol–water partition coefficient (Wildman–Crippen LogP) is 2.82. The largest absolute Gasteiger partial charge is 0.547 e. The molecule has 0 aliphatic carbocycles. The summed E-state index contributed by atoms with van der Waals surface area (Å²) in [4.78, 5) is 10.8. The fourth-order valence-electron chi connectivity index (χ4n) is 1.96. The lowest BCUT2D eigenvalue weighted by molar-refractivity contribution is -0.137. The van der Waals surface area contributed by atoms with Gasteiger partial charge in [0, 0.05) is 11.6 Å². The maximum absolute atomic E-state index is 10.8. The lowest BCUT2D eigenvalue weighted by Crippen LogP contribution is -2.20. The van der Waals surface area contributed by atoms with Gasteiger partial charge in [-0.3, -0.25) is 4.79 Å². The molecule has 1 atom stereocenters. The van der Waals surface area contributed by atoms with Gasteiger partial charge in [0.1, 0.15) is 5.75 Å². The molecule has 0 saturated heterocycles. The SMILES string of the molecule is C[SiH](C)Oc1cc(C(C)(C)C)ccc1[C@H](N)CC(=O)O. The normalized spacial score (nSPS) is 13.3. The summed E-state index contributed by atoms with van der Waals surface area (Å²) in [6.07, 6.45) is -0.0924. The summed E-state index contributed by atoms with van der Waals surface area (Å²) in [5.41, 5.74) is 7.95. The van der Waals surface area contributed by atoms with Crippen molar-refractivity contribution in [2.24, 2.45) is 5.73 Å². The fourth-order valence-corrected chi connectivity index (χ4v) is 2.67. The molecule has 0 spiro atoms. The van der Waals surface area contributed by atoms with Crippen LogP contribution in [0.1, 0.15) is 44.4 Å². The zero-order chi connectivity index (χ0) is 15.5. The van der Waals surface area contributed by atoms with E-state index in [1.54, 1.807) is 0 Å². The summed E-state index contributed by atoms with van der Waals surface area (Å²) in [6.45, 7) is 10.6. The van der Waals surface area contributed by atoms with Crippen LogP contribution in [-0.2, 0) is 10.2 Å². The van der Waals surface area contributed by atoms with Crippen molar-refractivity contribution >= 4 is 15.0 Å². The highest BCUT2D eigenvalue weighted by molar-refractivity contribution is 6.49. The Bertz CT molecular complexity index is 480. The summed E-state index contributed by atoms with van der Waals surface area (Å²) in [7, 11) is -1.28. The number of nitrogens with two attached hydrogens (primary N) is 1. The molecular formula is C15H25NO3Si. The van der Waals surface area contributed by atoms with Crippen LogP contribution in [0.25, 0.3) is 0 Å². The maximum atomic E-state index is 10.8. The van der Waals surface area contributed by atoms with Crippen LogP contribution >= 0.6 is 0 Å². The summed E-state index contributed by atoms with van der Waals surface area (Å²) in [5, 5.41) is 8.89. The van der Waals surface area contributed by atoms with Crippen LogP contribution in [0.15, 0.2) is 18.2 Å². The zero-order valence-corrected chi connectivity index (χ0v) is 14.1. The van der Waals surface area contributed by atoms with Crippen molar-refractivity contribution in [3.05, 3.63) is 29.3 Å². The fraction of sp³-hybridized carbons (Fsp3) is 0.533. The van der Waals surface area contributed by atoms with Crippen LogP contribution in [0, 0.1) is 0 Å². The first kappa shape index (κ1) is 16.7. The Labute approximate surface area is 122 Å². The number of carboxylic acid groups (broad SMARTS) is 1. The quantitative estimate of drug-likeness (QED) is 0.819. The standard InChI is InChI=1S/C15H25NO3Si/c1-15(2,3)10-6-7-11(12(16)9-14(17)18)13(8-10)19-20(4)5/h6-8,12,20H,9,16H2,1-5H3,(H,17,18)/t12-/m1/s1. The first-order chi connectivity index (χ1) is 9.11. The monoisotopic (exact) mass is 295 g/mol. The van der Waals surface area contributed by atoms with Gasteiger partial charge in [0.25, 0.3) is 0 Å². The minimum absolute atomic E-state index is 0.0199. The summed E-state index contributed by atoms with van der Waals surface area (Å²) >= 11 is 0.